The van der Waals surface area contributed by atoms with Crippen molar-refractivity contribution >= 4 is 34.4 Å². The maximum Gasteiger partial charge on any atom is 0.417 e. The number of halogens is 1. The minimum atomic E-state index is -0.616. The van der Waals surface area contributed by atoms with Gasteiger partial charge in [0.15, 0.2) is 0 Å². The minimum absolute atomic E-state index is 0. The standard InChI is InChI=1S/C21H18N4O3.ClH/c22-20-17(24-21(26)28-15-7-2-1-3-8-15)10-11-19(25-20)23-13-16-12-14-6-4-5-9-18(14)27-16;/h1-12H,13H2,(H,24,26)(H3,22,23,25);1H. The molecule has 5 N–H and O–H groups in total. The van der Waals surface area contributed by atoms with Gasteiger partial charge in [0.25, 0.3) is 0 Å². The zero-order valence-corrected chi connectivity index (χ0v) is 16.1. The Labute approximate surface area is 173 Å². The summed E-state index contributed by atoms with van der Waals surface area (Å²) in [4.78, 5) is 15.0. The zero-order valence-electron chi connectivity index (χ0n) is 15.3. The van der Waals surface area contributed by atoms with Crippen LogP contribution in [0, 0.1) is 0 Å². The van der Waals surface area contributed by atoms with E-state index < -0.39 is 6.09 Å². The highest BCUT2D eigenvalue weighted by molar-refractivity contribution is 5.88. The fourth-order valence-corrected chi connectivity index (χ4v) is 2.76. The second kappa shape index (κ2) is 8.99. The van der Waals surface area contributed by atoms with E-state index in [1.54, 1.807) is 36.4 Å². The number of carbonyl (C=O) groups is 1. The number of para-hydroxylation sites is 2. The third kappa shape index (κ3) is 4.97. The maximum atomic E-state index is 12.0. The number of aromatic nitrogens is 1. The van der Waals surface area contributed by atoms with Crippen molar-refractivity contribution in [3.8, 4) is 5.75 Å². The molecule has 2 heterocycles. The number of nitrogens with one attached hydrogen (secondary N) is 3. The van der Waals surface area contributed by atoms with Gasteiger partial charge in [-0.1, -0.05) is 36.4 Å². The summed E-state index contributed by atoms with van der Waals surface area (Å²) in [5.74, 6) is 2.26. The molecule has 0 aliphatic heterocycles. The minimum Gasteiger partial charge on any atom is -1.00 e. The zero-order chi connectivity index (χ0) is 19.3. The number of aromatic amines is 1. The Hall–Kier alpha value is -3.71. The summed E-state index contributed by atoms with van der Waals surface area (Å²) in [5.41, 5.74) is 7.28. The molecule has 0 unspecified atom stereocenters. The number of amides is 1. The van der Waals surface area contributed by atoms with Crippen molar-refractivity contribution in [3.05, 3.63) is 78.6 Å². The fraction of sp³-hybridized carbons (Fsp3) is 0.0476. The molecule has 4 aromatic rings. The van der Waals surface area contributed by atoms with Gasteiger partial charge in [-0.15, -0.1) is 0 Å². The van der Waals surface area contributed by atoms with Gasteiger partial charge in [-0.3, -0.25) is 10.6 Å². The number of furan rings is 1. The second-order valence-corrected chi connectivity index (χ2v) is 6.13. The van der Waals surface area contributed by atoms with Crippen LogP contribution in [0.3, 0.4) is 0 Å². The first-order valence-corrected chi connectivity index (χ1v) is 8.74. The highest BCUT2D eigenvalue weighted by Crippen LogP contribution is 2.20. The number of hydrogen-bond donors (Lipinski definition) is 3. The van der Waals surface area contributed by atoms with Gasteiger partial charge >= 0.3 is 6.09 Å². The number of nitrogen functional groups attached to an aromatic ring is 1. The molecule has 0 radical (unpaired) electrons. The van der Waals surface area contributed by atoms with Crippen LogP contribution in [-0.4, -0.2) is 6.09 Å². The molecule has 0 saturated carbocycles. The number of pyridine rings is 1. The molecular formula is C21H19ClN4O3. The topological polar surface area (TPSA) is 104 Å². The van der Waals surface area contributed by atoms with Gasteiger partial charge in [-0.2, -0.15) is 0 Å². The molecule has 0 atom stereocenters. The van der Waals surface area contributed by atoms with Crippen molar-refractivity contribution in [1.82, 2.24) is 0 Å². The van der Waals surface area contributed by atoms with E-state index in [2.05, 4.69) is 15.6 Å². The number of anilines is 3. The molecule has 0 aliphatic carbocycles. The quantitative estimate of drug-likeness (QED) is 0.456. The maximum absolute atomic E-state index is 12.0. The Balaban J connectivity index is 0.00000240. The molecule has 0 fully saturated rings. The Bertz CT molecular complexity index is 1080. The smallest absolute Gasteiger partial charge is 0.417 e. The van der Waals surface area contributed by atoms with Crippen LogP contribution in [-0.2, 0) is 6.54 Å². The summed E-state index contributed by atoms with van der Waals surface area (Å²) in [5, 5.41) is 6.88. The van der Waals surface area contributed by atoms with E-state index >= 15 is 0 Å². The van der Waals surface area contributed by atoms with Crippen molar-refractivity contribution < 1.29 is 31.3 Å². The van der Waals surface area contributed by atoms with Crippen LogP contribution in [0.15, 0.2) is 77.2 Å². The molecule has 0 spiro atoms. The summed E-state index contributed by atoms with van der Waals surface area (Å²) in [6.45, 7) is 0.493. The monoisotopic (exact) mass is 410 g/mol. The molecule has 0 aliphatic rings. The molecule has 148 valence electrons. The third-order valence-electron chi connectivity index (χ3n) is 4.10. The first kappa shape index (κ1) is 20.0. The average molecular weight is 411 g/mol. The van der Waals surface area contributed by atoms with Crippen molar-refractivity contribution in [2.24, 2.45) is 0 Å². The summed E-state index contributed by atoms with van der Waals surface area (Å²) in [7, 11) is 0. The fourth-order valence-electron chi connectivity index (χ4n) is 2.76. The molecule has 0 bridgehead atoms. The second-order valence-electron chi connectivity index (χ2n) is 6.13. The van der Waals surface area contributed by atoms with Crippen LogP contribution in [0.25, 0.3) is 11.0 Å². The lowest BCUT2D eigenvalue weighted by molar-refractivity contribution is -0.342. The molecule has 1 amide bonds. The predicted molar refractivity (Wildman–Crippen MR) is 107 cm³/mol. The molecule has 2 aromatic heterocycles. The SMILES string of the molecule is Nc1[nH+]c(NCc2cc3ccccc3o2)ccc1NC(=O)Oc1ccccc1.[Cl-]. The van der Waals surface area contributed by atoms with E-state index in [1.807, 2.05) is 36.4 Å². The number of fused-ring (bicyclic) bond motifs is 1. The highest BCUT2D eigenvalue weighted by Gasteiger charge is 2.12. The molecular weight excluding hydrogens is 392 g/mol. The number of rotatable bonds is 5. The van der Waals surface area contributed by atoms with E-state index in [9.17, 15) is 4.79 Å². The van der Waals surface area contributed by atoms with Crippen LogP contribution in [0.4, 0.5) is 22.1 Å². The lowest BCUT2D eigenvalue weighted by Gasteiger charge is -2.08. The summed E-state index contributed by atoms with van der Waals surface area (Å²) >= 11 is 0. The van der Waals surface area contributed by atoms with E-state index in [-0.39, 0.29) is 12.4 Å². The van der Waals surface area contributed by atoms with Gasteiger partial charge in [0.1, 0.15) is 29.3 Å². The van der Waals surface area contributed by atoms with Gasteiger partial charge in [-0.05, 0) is 30.3 Å². The first-order chi connectivity index (χ1) is 13.7. The summed E-state index contributed by atoms with van der Waals surface area (Å²) in [6, 6.07) is 22.1. The van der Waals surface area contributed by atoms with Gasteiger partial charge < -0.3 is 27.3 Å². The van der Waals surface area contributed by atoms with Crippen LogP contribution in [0.5, 0.6) is 5.75 Å². The highest BCUT2D eigenvalue weighted by atomic mass is 35.5. The number of H-pyrrole nitrogens is 1. The van der Waals surface area contributed by atoms with Crippen LogP contribution in [0.2, 0.25) is 0 Å². The normalized spacial score (nSPS) is 10.2. The van der Waals surface area contributed by atoms with Crippen molar-refractivity contribution in [3.63, 3.8) is 0 Å². The van der Waals surface area contributed by atoms with Crippen molar-refractivity contribution in [2.75, 3.05) is 16.4 Å². The molecule has 8 heteroatoms. The average Bonchev–Trinajstić information content (AvgIpc) is 3.12. The van der Waals surface area contributed by atoms with E-state index in [4.69, 9.17) is 14.9 Å². The molecule has 0 saturated heterocycles. The van der Waals surface area contributed by atoms with E-state index in [0.29, 0.717) is 29.6 Å². The number of nitrogens with two attached hydrogens (primary N) is 1. The predicted octanol–water partition coefficient (Wildman–Crippen LogP) is 1.06. The molecule has 2 aromatic carbocycles. The molecule has 7 nitrogen and oxygen atoms in total. The number of benzene rings is 2. The Morgan fingerprint density at radius 1 is 1.03 bits per heavy atom. The molecule has 29 heavy (non-hydrogen) atoms. The van der Waals surface area contributed by atoms with E-state index in [0.717, 1.165) is 16.7 Å². The van der Waals surface area contributed by atoms with Gasteiger partial charge in [0.05, 0.1) is 0 Å². The Kier molecular flexibility index (Phi) is 6.21. The number of hydrogen-bond acceptors (Lipinski definition) is 5. The third-order valence-corrected chi connectivity index (χ3v) is 4.10. The van der Waals surface area contributed by atoms with Gasteiger partial charge in [-0.25, -0.2) is 9.78 Å². The number of carbonyl (C=O) groups excluding carboxylic acids is 1. The van der Waals surface area contributed by atoms with E-state index in [1.165, 1.54) is 0 Å². The van der Waals surface area contributed by atoms with Crippen LogP contribution >= 0.6 is 0 Å². The van der Waals surface area contributed by atoms with Gasteiger partial charge in [0.2, 0.25) is 11.6 Å². The van der Waals surface area contributed by atoms with Crippen LogP contribution < -0.4 is 38.5 Å². The lowest BCUT2D eigenvalue weighted by Crippen LogP contribution is -3.00. The van der Waals surface area contributed by atoms with Crippen molar-refractivity contribution in [2.45, 2.75) is 6.54 Å². The summed E-state index contributed by atoms with van der Waals surface area (Å²) < 4.78 is 11.0. The van der Waals surface area contributed by atoms with Crippen LogP contribution in [0.1, 0.15) is 5.76 Å². The summed E-state index contributed by atoms with van der Waals surface area (Å²) in [6.07, 6.45) is -0.616. The first-order valence-electron chi connectivity index (χ1n) is 8.74. The van der Waals surface area contributed by atoms with Crippen molar-refractivity contribution in [1.29, 1.82) is 0 Å². The lowest BCUT2D eigenvalue weighted by atomic mass is 10.2. The van der Waals surface area contributed by atoms with Gasteiger partial charge in [0, 0.05) is 11.5 Å². The Morgan fingerprint density at radius 2 is 1.79 bits per heavy atom. The molecule has 4 rings (SSSR count). The largest absolute Gasteiger partial charge is 1.00 e. The Morgan fingerprint density at radius 3 is 2.55 bits per heavy atom. The number of ether oxygens (including phenoxy) is 1.